The Hall–Kier alpha value is -4.41. The van der Waals surface area contributed by atoms with E-state index in [1.165, 1.54) is 0 Å². The van der Waals surface area contributed by atoms with E-state index in [0.29, 0.717) is 0 Å². The number of hydrogen-bond acceptors (Lipinski definition) is 2. The molecule has 6 aromatic carbocycles. The fraction of sp³-hybridized carbons (Fsp3) is 0.0571. The van der Waals surface area contributed by atoms with Crippen LogP contribution in [0.5, 0.6) is 11.5 Å². The highest BCUT2D eigenvalue weighted by Gasteiger charge is 2.67. The average Bonchev–Trinajstić information content (AvgIpc) is 2.97. The fourth-order valence-corrected chi connectivity index (χ4v) is 7.07. The molecule has 1 atom stereocenters. The van der Waals surface area contributed by atoms with E-state index in [0.717, 1.165) is 59.9 Å². The molecule has 1 saturated heterocycles. The zero-order valence-electron chi connectivity index (χ0n) is 20.8. The third kappa shape index (κ3) is 3.01. The van der Waals surface area contributed by atoms with Crippen LogP contribution in [0.3, 0.4) is 0 Å². The van der Waals surface area contributed by atoms with Crippen LogP contribution in [0.2, 0.25) is 0 Å². The SMILES string of the molecule is O=C1N(c2cccc(Br)c2)[C@@H](c2c3ccccc3cc3ccccc23)C12c1ccccc1Oc1ccccc12. The first kappa shape index (κ1) is 22.6. The van der Waals surface area contributed by atoms with Crippen LogP contribution in [0.1, 0.15) is 22.7 Å². The lowest BCUT2D eigenvalue weighted by Gasteiger charge is -2.58. The molecule has 2 aliphatic rings. The molecule has 0 bridgehead atoms. The molecule has 1 amide bonds. The van der Waals surface area contributed by atoms with Gasteiger partial charge in [-0.15, -0.1) is 0 Å². The van der Waals surface area contributed by atoms with E-state index in [9.17, 15) is 4.79 Å². The predicted octanol–water partition coefficient (Wildman–Crippen LogP) is 8.94. The first-order valence-corrected chi connectivity index (χ1v) is 13.8. The maximum atomic E-state index is 14.9. The molecule has 0 aliphatic carbocycles. The first-order valence-electron chi connectivity index (χ1n) is 13.0. The van der Waals surface area contributed by atoms with Crippen molar-refractivity contribution < 1.29 is 9.53 Å². The molecule has 0 aromatic heterocycles. The van der Waals surface area contributed by atoms with Crippen LogP contribution in [0, 0.1) is 0 Å². The minimum absolute atomic E-state index is 0.0471. The molecule has 8 rings (SSSR count). The zero-order valence-corrected chi connectivity index (χ0v) is 22.4. The van der Waals surface area contributed by atoms with Gasteiger partial charge in [-0.25, -0.2) is 0 Å². The highest BCUT2D eigenvalue weighted by atomic mass is 79.9. The molecule has 0 unspecified atom stereocenters. The molecule has 0 radical (unpaired) electrons. The van der Waals surface area contributed by atoms with Crippen LogP contribution in [0.4, 0.5) is 5.69 Å². The van der Waals surface area contributed by atoms with E-state index >= 15 is 0 Å². The Bertz CT molecular complexity index is 1860. The summed E-state index contributed by atoms with van der Waals surface area (Å²) in [4.78, 5) is 16.9. The van der Waals surface area contributed by atoms with Crippen molar-refractivity contribution in [3.63, 3.8) is 0 Å². The Morgan fingerprint density at radius 3 is 1.82 bits per heavy atom. The number of carbonyl (C=O) groups excluding carboxylic acids is 1. The van der Waals surface area contributed by atoms with Crippen molar-refractivity contribution in [3.8, 4) is 11.5 Å². The van der Waals surface area contributed by atoms with E-state index in [4.69, 9.17) is 4.74 Å². The molecule has 1 fully saturated rings. The van der Waals surface area contributed by atoms with Gasteiger partial charge < -0.3 is 9.64 Å². The van der Waals surface area contributed by atoms with Crippen LogP contribution in [0.25, 0.3) is 21.5 Å². The van der Waals surface area contributed by atoms with Gasteiger partial charge in [0.15, 0.2) is 0 Å². The number of nitrogens with zero attached hydrogens (tertiary/aromatic N) is 1. The minimum Gasteiger partial charge on any atom is -0.457 e. The van der Waals surface area contributed by atoms with Gasteiger partial charge in [0.05, 0.1) is 6.04 Å². The summed E-state index contributed by atoms with van der Waals surface area (Å²) in [5, 5.41) is 4.61. The number of benzene rings is 6. The number of anilines is 1. The van der Waals surface area contributed by atoms with Crippen molar-refractivity contribution in [1.82, 2.24) is 0 Å². The Morgan fingerprint density at radius 1 is 0.641 bits per heavy atom. The largest absolute Gasteiger partial charge is 0.457 e. The van der Waals surface area contributed by atoms with Crippen LogP contribution >= 0.6 is 15.9 Å². The second kappa shape index (κ2) is 8.29. The number of β-lactam (4-membered cyclic amide) rings is 1. The molecule has 6 aromatic rings. The number of ether oxygens (including phenoxy) is 1. The Morgan fingerprint density at radius 2 is 1.21 bits per heavy atom. The number of halogens is 1. The first-order chi connectivity index (χ1) is 19.2. The third-order valence-corrected chi connectivity index (χ3v) is 8.73. The smallest absolute Gasteiger partial charge is 0.245 e. The maximum absolute atomic E-state index is 14.9. The Labute approximate surface area is 234 Å². The van der Waals surface area contributed by atoms with Gasteiger partial charge in [-0.05, 0) is 63.5 Å². The van der Waals surface area contributed by atoms with Crippen molar-refractivity contribution in [3.05, 3.63) is 149 Å². The molecule has 1 spiro atoms. The molecule has 0 saturated carbocycles. The number of hydrogen-bond donors (Lipinski definition) is 0. The standard InChI is InChI=1S/C35H22BrNO2/c36-24-12-9-13-25(21-24)37-33(32-26-14-3-1-10-22(26)20-23-11-2-4-15-27(23)32)35(34(37)38)28-16-5-7-18-30(28)39-31-19-8-6-17-29(31)35/h1-21,33H/t33-/m0/s1. The van der Waals surface area contributed by atoms with Crippen molar-refractivity contribution in [1.29, 1.82) is 0 Å². The maximum Gasteiger partial charge on any atom is 0.245 e. The molecule has 2 aliphatic heterocycles. The van der Waals surface area contributed by atoms with E-state index < -0.39 is 5.41 Å². The third-order valence-electron chi connectivity index (χ3n) is 8.24. The van der Waals surface area contributed by atoms with Gasteiger partial charge in [-0.1, -0.05) is 107 Å². The van der Waals surface area contributed by atoms with Gasteiger partial charge in [-0.3, -0.25) is 4.79 Å². The normalized spacial score (nSPS) is 17.0. The highest BCUT2D eigenvalue weighted by molar-refractivity contribution is 9.10. The van der Waals surface area contributed by atoms with Gasteiger partial charge in [0.25, 0.3) is 0 Å². The van der Waals surface area contributed by atoms with E-state index in [2.05, 4.69) is 82.7 Å². The van der Waals surface area contributed by atoms with E-state index in [1.54, 1.807) is 0 Å². The van der Waals surface area contributed by atoms with Crippen LogP contribution in [-0.2, 0) is 10.2 Å². The quantitative estimate of drug-likeness (QED) is 0.154. The van der Waals surface area contributed by atoms with E-state index in [-0.39, 0.29) is 11.9 Å². The van der Waals surface area contributed by atoms with Crippen molar-refractivity contribution in [2.75, 3.05) is 4.90 Å². The monoisotopic (exact) mass is 567 g/mol. The van der Waals surface area contributed by atoms with Gasteiger partial charge >= 0.3 is 0 Å². The van der Waals surface area contributed by atoms with Gasteiger partial charge in [0.1, 0.15) is 16.9 Å². The second-order valence-electron chi connectivity index (χ2n) is 10.2. The van der Waals surface area contributed by atoms with Gasteiger partial charge in [0.2, 0.25) is 5.91 Å². The average molecular weight is 568 g/mol. The number of rotatable bonds is 2. The number of carbonyl (C=O) groups is 1. The van der Waals surface area contributed by atoms with Crippen LogP contribution in [-0.4, -0.2) is 5.91 Å². The predicted molar refractivity (Wildman–Crippen MR) is 160 cm³/mol. The summed E-state index contributed by atoms with van der Waals surface area (Å²) >= 11 is 3.64. The molecule has 3 nitrogen and oxygen atoms in total. The molecular weight excluding hydrogens is 546 g/mol. The zero-order chi connectivity index (χ0) is 26.1. The van der Waals surface area contributed by atoms with Crippen LogP contribution < -0.4 is 9.64 Å². The summed E-state index contributed by atoms with van der Waals surface area (Å²) in [6.45, 7) is 0. The molecule has 39 heavy (non-hydrogen) atoms. The Balaban J connectivity index is 1.54. The number of para-hydroxylation sites is 2. The summed E-state index contributed by atoms with van der Waals surface area (Å²) in [6, 6.07) is 43.0. The summed E-state index contributed by atoms with van der Waals surface area (Å²) in [6.07, 6.45) is 0. The molecular formula is C35H22BrNO2. The van der Waals surface area contributed by atoms with Crippen LogP contribution in [0.15, 0.2) is 132 Å². The van der Waals surface area contributed by atoms with Crippen molar-refractivity contribution >= 4 is 49.1 Å². The summed E-state index contributed by atoms with van der Waals surface area (Å²) in [5.41, 5.74) is 2.88. The van der Waals surface area contributed by atoms with E-state index in [1.807, 2.05) is 65.6 Å². The van der Waals surface area contributed by atoms with Crippen molar-refractivity contribution in [2.24, 2.45) is 0 Å². The fourth-order valence-electron chi connectivity index (χ4n) is 6.68. The van der Waals surface area contributed by atoms with Gasteiger partial charge in [0, 0.05) is 21.3 Å². The Kier molecular flexibility index (Phi) is 4.80. The summed E-state index contributed by atoms with van der Waals surface area (Å²) in [7, 11) is 0. The lowest BCUT2D eigenvalue weighted by Crippen LogP contribution is -2.67. The topological polar surface area (TPSA) is 29.5 Å². The lowest BCUT2D eigenvalue weighted by molar-refractivity contribution is -0.131. The van der Waals surface area contributed by atoms with Crippen molar-refractivity contribution in [2.45, 2.75) is 11.5 Å². The highest BCUT2D eigenvalue weighted by Crippen LogP contribution is 2.64. The summed E-state index contributed by atoms with van der Waals surface area (Å²) < 4.78 is 7.33. The number of amides is 1. The molecule has 2 heterocycles. The summed E-state index contributed by atoms with van der Waals surface area (Å²) in [5.74, 6) is 1.51. The number of fused-ring (bicyclic) bond motifs is 6. The minimum atomic E-state index is -0.944. The van der Waals surface area contributed by atoms with Gasteiger partial charge in [-0.2, -0.15) is 0 Å². The molecule has 4 heteroatoms. The molecule has 186 valence electrons. The second-order valence-corrected chi connectivity index (χ2v) is 11.1. The molecule has 0 N–H and O–H groups in total. The lowest BCUT2D eigenvalue weighted by atomic mass is 9.57.